The van der Waals surface area contributed by atoms with Crippen LogP contribution in [0.4, 0.5) is 14.5 Å². The van der Waals surface area contributed by atoms with Gasteiger partial charge in [0.2, 0.25) is 0 Å². The van der Waals surface area contributed by atoms with Crippen LogP contribution in [0.5, 0.6) is 17.2 Å². The summed E-state index contributed by atoms with van der Waals surface area (Å²) >= 11 is 6.08. The lowest BCUT2D eigenvalue weighted by molar-refractivity contribution is -0.132. The fourth-order valence-corrected chi connectivity index (χ4v) is 4.15. The number of hydrogen-bond acceptors (Lipinski definition) is 6. The molecule has 0 aliphatic carbocycles. The second kappa shape index (κ2) is 9.27. The fraction of sp³-hybridized carbons (Fsp3) is 0.120. The molecule has 1 aliphatic rings. The van der Waals surface area contributed by atoms with Gasteiger partial charge in [-0.3, -0.25) is 14.5 Å². The number of carbonyl (C=O) groups excluding carboxylic acids is 2. The van der Waals surface area contributed by atoms with Gasteiger partial charge in [-0.25, -0.2) is 8.78 Å². The highest BCUT2D eigenvalue weighted by molar-refractivity contribution is 6.51. The zero-order valence-electron chi connectivity index (χ0n) is 18.4. The molecule has 10 heteroatoms. The molecular formula is C25H18ClF2NO6. The standard InChI is InChI=1S/C25H18ClF2NO6/c1-34-18-4-3-5-19(35-2)20(18)23(31)21-22(12-6-9-17(30)14(26)10-12)29(25(33)24(21)32)13-7-8-15(27)16(28)11-13/h3-11,22,30-31H,1-2H3/b23-21+. The number of Topliss-reactive ketones (excluding diaryl/α,β-unsaturated/α-hetero) is 1. The Morgan fingerprint density at radius 3 is 2.20 bits per heavy atom. The second-order valence-corrected chi connectivity index (χ2v) is 7.92. The van der Waals surface area contributed by atoms with Crippen LogP contribution in [0.3, 0.4) is 0 Å². The van der Waals surface area contributed by atoms with Gasteiger partial charge in [-0.1, -0.05) is 23.7 Å². The van der Waals surface area contributed by atoms with Crippen molar-refractivity contribution in [2.75, 3.05) is 19.1 Å². The van der Waals surface area contributed by atoms with Gasteiger partial charge in [0, 0.05) is 11.8 Å². The Morgan fingerprint density at radius 1 is 0.971 bits per heavy atom. The van der Waals surface area contributed by atoms with E-state index in [-0.39, 0.29) is 44.7 Å². The summed E-state index contributed by atoms with van der Waals surface area (Å²) in [6.45, 7) is 0. The Balaban J connectivity index is 2.04. The van der Waals surface area contributed by atoms with Crippen molar-refractivity contribution in [2.24, 2.45) is 0 Å². The van der Waals surface area contributed by atoms with E-state index in [4.69, 9.17) is 21.1 Å². The molecule has 0 radical (unpaired) electrons. The number of aliphatic hydroxyl groups is 1. The maximum absolute atomic E-state index is 14.1. The molecule has 3 aromatic carbocycles. The molecule has 35 heavy (non-hydrogen) atoms. The van der Waals surface area contributed by atoms with E-state index in [9.17, 15) is 28.6 Å². The molecule has 0 saturated carbocycles. The topological polar surface area (TPSA) is 96.3 Å². The number of nitrogens with zero attached hydrogens (tertiary/aromatic N) is 1. The molecule has 1 atom stereocenters. The van der Waals surface area contributed by atoms with Gasteiger partial charge in [0.25, 0.3) is 11.7 Å². The van der Waals surface area contributed by atoms with E-state index in [1.807, 2.05) is 0 Å². The number of aromatic hydroxyl groups is 1. The number of anilines is 1. The summed E-state index contributed by atoms with van der Waals surface area (Å²) in [6.07, 6.45) is 0. The van der Waals surface area contributed by atoms with Crippen LogP contribution in [-0.2, 0) is 9.59 Å². The number of aliphatic hydroxyl groups excluding tert-OH is 1. The van der Waals surface area contributed by atoms with Crippen molar-refractivity contribution in [3.8, 4) is 17.2 Å². The molecule has 1 amide bonds. The zero-order valence-corrected chi connectivity index (χ0v) is 19.1. The van der Waals surface area contributed by atoms with Gasteiger partial charge in [0.1, 0.15) is 28.6 Å². The Hall–Kier alpha value is -4.11. The zero-order chi connectivity index (χ0) is 25.4. The third-order valence-electron chi connectivity index (χ3n) is 5.58. The smallest absolute Gasteiger partial charge is 0.300 e. The van der Waals surface area contributed by atoms with Crippen molar-refractivity contribution >= 4 is 34.7 Å². The van der Waals surface area contributed by atoms with Gasteiger partial charge in [-0.15, -0.1) is 0 Å². The number of amides is 1. The molecule has 2 N–H and O–H groups in total. The molecule has 1 fully saturated rings. The summed E-state index contributed by atoms with van der Waals surface area (Å²) in [4.78, 5) is 27.3. The Kier molecular flexibility index (Phi) is 6.36. The van der Waals surface area contributed by atoms with Gasteiger partial charge in [-0.05, 0) is 42.0 Å². The molecule has 0 spiro atoms. The van der Waals surface area contributed by atoms with Crippen LogP contribution in [0, 0.1) is 11.6 Å². The van der Waals surface area contributed by atoms with Gasteiger partial charge in [0.15, 0.2) is 11.6 Å². The third kappa shape index (κ3) is 4.04. The maximum atomic E-state index is 14.1. The van der Waals surface area contributed by atoms with Crippen LogP contribution in [0.2, 0.25) is 5.02 Å². The van der Waals surface area contributed by atoms with Gasteiger partial charge >= 0.3 is 0 Å². The van der Waals surface area contributed by atoms with Crippen LogP contribution in [0.15, 0.2) is 60.2 Å². The molecular weight excluding hydrogens is 484 g/mol. The second-order valence-electron chi connectivity index (χ2n) is 7.52. The minimum Gasteiger partial charge on any atom is -0.506 e. The van der Waals surface area contributed by atoms with Crippen LogP contribution in [0.25, 0.3) is 5.76 Å². The number of ether oxygens (including phenoxy) is 2. The summed E-state index contributed by atoms with van der Waals surface area (Å²) in [6, 6.07) is 9.97. The molecule has 1 aliphatic heterocycles. The van der Waals surface area contributed by atoms with Crippen molar-refractivity contribution in [1.29, 1.82) is 0 Å². The van der Waals surface area contributed by atoms with E-state index in [1.54, 1.807) is 6.07 Å². The lowest BCUT2D eigenvalue weighted by atomic mass is 9.94. The SMILES string of the molecule is COc1cccc(OC)c1/C(O)=C1\C(=O)C(=O)N(c2ccc(F)c(F)c2)C1c1ccc(O)c(Cl)c1. The lowest BCUT2D eigenvalue weighted by Crippen LogP contribution is -2.29. The van der Waals surface area contributed by atoms with E-state index < -0.39 is 35.1 Å². The molecule has 0 bridgehead atoms. The Bertz CT molecular complexity index is 1370. The van der Waals surface area contributed by atoms with Gasteiger partial charge < -0.3 is 19.7 Å². The molecule has 4 rings (SSSR count). The Labute approximate surface area is 203 Å². The predicted octanol–water partition coefficient (Wildman–Crippen LogP) is 4.97. The van der Waals surface area contributed by atoms with E-state index in [0.29, 0.717) is 0 Å². The lowest BCUT2D eigenvalue weighted by Gasteiger charge is -2.26. The van der Waals surface area contributed by atoms with Crippen molar-refractivity contribution in [3.63, 3.8) is 0 Å². The maximum Gasteiger partial charge on any atom is 0.300 e. The molecule has 1 unspecified atom stereocenters. The first-order valence-corrected chi connectivity index (χ1v) is 10.5. The largest absolute Gasteiger partial charge is 0.506 e. The molecule has 7 nitrogen and oxygen atoms in total. The number of methoxy groups -OCH3 is 2. The number of phenolic OH excluding ortho intramolecular Hbond substituents is 1. The summed E-state index contributed by atoms with van der Waals surface area (Å²) in [5.74, 6) is -5.13. The average molecular weight is 502 g/mol. The quantitative estimate of drug-likeness (QED) is 0.291. The van der Waals surface area contributed by atoms with Crippen LogP contribution in [-0.4, -0.2) is 36.1 Å². The molecule has 1 heterocycles. The summed E-state index contributed by atoms with van der Waals surface area (Å²) < 4.78 is 38.3. The highest BCUT2D eigenvalue weighted by Crippen LogP contribution is 2.46. The van der Waals surface area contributed by atoms with Crippen molar-refractivity contribution < 1.29 is 38.1 Å². The van der Waals surface area contributed by atoms with Crippen molar-refractivity contribution in [3.05, 3.63) is 88.0 Å². The predicted molar refractivity (Wildman–Crippen MR) is 124 cm³/mol. The van der Waals surface area contributed by atoms with Gasteiger partial charge in [-0.2, -0.15) is 0 Å². The van der Waals surface area contributed by atoms with E-state index in [0.717, 1.165) is 23.1 Å². The highest BCUT2D eigenvalue weighted by atomic mass is 35.5. The first-order chi connectivity index (χ1) is 16.7. The summed E-state index contributed by atoms with van der Waals surface area (Å²) in [7, 11) is 2.70. The van der Waals surface area contributed by atoms with E-state index in [2.05, 4.69) is 0 Å². The van der Waals surface area contributed by atoms with Crippen molar-refractivity contribution in [2.45, 2.75) is 6.04 Å². The molecule has 0 aromatic heterocycles. The van der Waals surface area contributed by atoms with Crippen LogP contribution >= 0.6 is 11.6 Å². The highest BCUT2D eigenvalue weighted by Gasteiger charge is 2.47. The first kappa shape index (κ1) is 24.0. The monoisotopic (exact) mass is 501 g/mol. The van der Waals surface area contributed by atoms with Crippen LogP contribution < -0.4 is 14.4 Å². The molecule has 180 valence electrons. The van der Waals surface area contributed by atoms with Crippen LogP contribution in [0.1, 0.15) is 17.2 Å². The van der Waals surface area contributed by atoms with Gasteiger partial charge in [0.05, 0.1) is 30.9 Å². The number of hydrogen-bond donors (Lipinski definition) is 2. The number of ketones is 1. The average Bonchev–Trinajstić information content (AvgIpc) is 3.11. The summed E-state index contributed by atoms with van der Waals surface area (Å²) in [5, 5.41) is 21.1. The van der Waals surface area contributed by atoms with Crippen molar-refractivity contribution in [1.82, 2.24) is 0 Å². The normalized spacial score (nSPS) is 17.1. The number of halogens is 3. The molecule has 3 aromatic rings. The van der Waals surface area contributed by atoms with E-state index >= 15 is 0 Å². The Morgan fingerprint density at radius 2 is 1.63 bits per heavy atom. The number of benzene rings is 3. The number of phenols is 1. The third-order valence-corrected chi connectivity index (χ3v) is 5.88. The fourth-order valence-electron chi connectivity index (χ4n) is 3.96. The number of rotatable bonds is 5. The first-order valence-electron chi connectivity index (χ1n) is 10.2. The minimum absolute atomic E-state index is 0.00987. The number of carbonyl (C=O) groups is 2. The molecule has 1 saturated heterocycles. The van der Waals surface area contributed by atoms with E-state index in [1.165, 1.54) is 44.6 Å². The summed E-state index contributed by atoms with van der Waals surface area (Å²) in [5.41, 5.74) is -0.279. The minimum atomic E-state index is -1.31.